The van der Waals surface area contributed by atoms with E-state index in [1.165, 1.54) is 18.4 Å². The Morgan fingerprint density at radius 2 is 1.69 bits per heavy atom. The van der Waals surface area contributed by atoms with Gasteiger partial charge in [0.2, 0.25) is 5.82 Å². The predicted molar refractivity (Wildman–Crippen MR) is 97.1 cm³/mol. The van der Waals surface area contributed by atoms with Gasteiger partial charge in [0, 0.05) is 16.2 Å². The fourth-order valence-electron chi connectivity index (χ4n) is 2.48. The number of benzene rings is 2. The zero-order valence-electron chi connectivity index (χ0n) is 13.2. The normalized spacial score (nSPS) is 11.0. The van der Waals surface area contributed by atoms with Gasteiger partial charge in [0.1, 0.15) is 0 Å². The second-order valence-corrected chi connectivity index (χ2v) is 7.39. The number of aromatic hydroxyl groups is 1. The molecule has 0 atom stereocenters. The summed E-state index contributed by atoms with van der Waals surface area (Å²) in [6.45, 7) is 0. The van der Waals surface area contributed by atoms with Crippen molar-refractivity contribution in [2.45, 2.75) is 6.42 Å². The van der Waals surface area contributed by atoms with Gasteiger partial charge in [-0.05, 0) is 41.5 Å². The third kappa shape index (κ3) is 3.49. The molecule has 2 aromatic carbocycles. The average Bonchev–Trinajstić information content (AvgIpc) is 3.06. The smallest absolute Gasteiger partial charge is 0.203 e. The highest BCUT2D eigenvalue weighted by Crippen LogP contribution is 2.39. The van der Waals surface area contributed by atoms with Gasteiger partial charge in [0.05, 0.1) is 17.2 Å². The largest absolute Gasteiger partial charge is 0.503 e. The Hall–Kier alpha value is -1.89. The first-order valence-electron chi connectivity index (χ1n) is 7.29. The molecule has 26 heavy (non-hydrogen) atoms. The quantitative estimate of drug-likeness (QED) is 0.493. The second kappa shape index (κ2) is 7.39. The minimum absolute atomic E-state index is 0.00111. The Bertz CT molecular complexity index is 966. The minimum atomic E-state index is -1.60. The van der Waals surface area contributed by atoms with Crippen LogP contribution in [0, 0.1) is 17.5 Å². The van der Waals surface area contributed by atoms with Crippen molar-refractivity contribution in [1.82, 2.24) is 0 Å². The van der Waals surface area contributed by atoms with Gasteiger partial charge in [-0.25, -0.2) is 8.78 Å². The molecule has 0 fully saturated rings. The first-order valence-corrected chi connectivity index (χ1v) is 8.86. The van der Waals surface area contributed by atoms with E-state index in [2.05, 4.69) is 0 Å². The topological polar surface area (TPSA) is 29.5 Å². The van der Waals surface area contributed by atoms with E-state index in [0.29, 0.717) is 20.7 Å². The van der Waals surface area contributed by atoms with Crippen molar-refractivity contribution in [2.75, 3.05) is 7.11 Å². The molecule has 0 aliphatic carbocycles. The second-order valence-electron chi connectivity index (χ2n) is 5.41. The fraction of sp³-hybridized carbons (Fsp3) is 0.111. The molecule has 0 amide bonds. The number of thiophene rings is 1. The monoisotopic (exact) mass is 418 g/mol. The van der Waals surface area contributed by atoms with E-state index in [9.17, 15) is 18.3 Å². The van der Waals surface area contributed by atoms with Gasteiger partial charge in [-0.1, -0.05) is 23.2 Å². The summed E-state index contributed by atoms with van der Waals surface area (Å²) in [5, 5.41) is 10.0. The number of hydrogen-bond acceptors (Lipinski definition) is 3. The molecule has 0 bridgehead atoms. The maximum Gasteiger partial charge on any atom is 0.203 e. The number of methoxy groups -OCH3 is 1. The van der Waals surface area contributed by atoms with Gasteiger partial charge in [-0.15, -0.1) is 11.3 Å². The lowest BCUT2D eigenvalue weighted by molar-refractivity contribution is 0.373. The van der Waals surface area contributed by atoms with Crippen molar-refractivity contribution in [1.29, 1.82) is 0 Å². The highest BCUT2D eigenvalue weighted by atomic mass is 35.5. The molecule has 136 valence electrons. The molecule has 3 rings (SSSR count). The summed E-state index contributed by atoms with van der Waals surface area (Å²) in [6.07, 6.45) is -0.00111. The van der Waals surface area contributed by atoms with Crippen LogP contribution < -0.4 is 4.74 Å². The molecule has 1 N–H and O–H groups in total. The molecule has 0 radical (unpaired) electrons. The van der Waals surface area contributed by atoms with Crippen LogP contribution in [0.4, 0.5) is 13.2 Å². The number of phenolic OH excluding ortho intramolecular Hbond substituents is 1. The maximum absolute atomic E-state index is 13.9. The van der Waals surface area contributed by atoms with Crippen molar-refractivity contribution in [2.24, 2.45) is 0 Å². The summed E-state index contributed by atoms with van der Waals surface area (Å²) in [6, 6.07) is 7.62. The SMILES string of the molecule is COc1c(Cl)cc(-c2ccc(Cc3cc(F)c(F)c(O)c3F)s2)cc1Cl. The van der Waals surface area contributed by atoms with E-state index in [1.807, 2.05) is 0 Å². The number of halogens is 5. The van der Waals surface area contributed by atoms with E-state index in [4.69, 9.17) is 27.9 Å². The van der Waals surface area contributed by atoms with Gasteiger partial charge < -0.3 is 9.84 Å². The number of rotatable bonds is 4. The van der Waals surface area contributed by atoms with E-state index >= 15 is 0 Å². The Balaban J connectivity index is 1.92. The van der Waals surface area contributed by atoms with Crippen molar-refractivity contribution in [3.8, 4) is 21.9 Å². The standard InChI is InChI=1S/C18H11Cl2F3O2S/c1-25-18-11(19)5-8(6-12(18)20)14-3-2-10(26-14)4-9-7-13(21)16(23)17(24)15(9)22/h2-3,5-7,24H,4H2,1H3. The summed E-state index contributed by atoms with van der Waals surface area (Å²) in [5.74, 6) is -5.02. The molecule has 0 aliphatic rings. The highest BCUT2D eigenvalue weighted by Gasteiger charge is 2.19. The van der Waals surface area contributed by atoms with E-state index in [0.717, 1.165) is 16.5 Å². The van der Waals surface area contributed by atoms with Crippen LogP contribution >= 0.6 is 34.5 Å². The predicted octanol–water partition coefficient (Wildman–Crippen LogP) is 6.44. The van der Waals surface area contributed by atoms with Crippen molar-refractivity contribution in [3.05, 3.63) is 68.3 Å². The average molecular weight is 419 g/mol. The van der Waals surface area contributed by atoms with Crippen LogP contribution in [0.3, 0.4) is 0 Å². The Kier molecular flexibility index (Phi) is 5.37. The van der Waals surface area contributed by atoms with Gasteiger partial charge in [0.25, 0.3) is 0 Å². The lowest BCUT2D eigenvalue weighted by atomic mass is 10.1. The summed E-state index contributed by atoms with van der Waals surface area (Å²) in [7, 11) is 1.46. The van der Waals surface area contributed by atoms with Gasteiger partial charge >= 0.3 is 0 Å². The molecule has 8 heteroatoms. The molecule has 0 spiro atoms. The molecule has 0 aliphatic heterocycles. The molecular weight excluding hydrogens is 408 g/mol. The van der Waals surface area contributed by atoms with Crippen LogP contribution in [0.1, 0.15) is 10.4 Å². The fourth-order valence-corrected chi connectivity index (χ4v) is 4.14. The first-order chi connectivity index (χ1) is 12.3. The van der Waals surface area contributed by atoms with Crippen LogP contribution in [-0.4, -0.2) is 12.2 Å². The maximum atomic E-state index is 13.9. The molecule has 0 unspecified atom stereocenters. The van der Waals surface area contributed by atoms with E-state index < -0.39 is 23.2 Å². The van der Waals surface area contributed by atoms with Gasteiger partial charge in [-0.3, -0.25) is 0 Å². The van der Waals surface area contributed by atoms with Gasteiger partial charge in [-0.2, -0.15) is 4.39 Å². The minimum Gasteiger partial charge on any atom is -0.503 e. The molecule has 3 aromatic rings. The number of ether oxygens (including phenoxy) is 1. The third-order valence-electron chi connectivity index (χ3n) is 3.72. The van der Waals surface area contributed by atoms with E-state index in [1.54, 1.807) is 24.3 Å². The molecule has 0 saturated heterocycles. The number of hydrogen-bond donors (Lipinski definition) is 1. The Morgan fingerprint density at radius 3 is 2.31 bits per heavy atom. The summed E-state index contributed by atoms with van der Waals surface area (Å²) < 4.78 is 45.6. The van der Waals surface area contributed by atoms with Crippen molar-refractivity contribution in [3.63, 3.8) is 0 Å². The van der Waals surface area contributed by atoms with Crippen LogP contribution in [-0.2, 0) is 6.42 Å². The zero-order valence-corrected chi connectivity index (χ0v) is 15.6. The zero-order chi connectivity index (χ0) is 19.0. The van der Waals surface area contributed by atoms with Crippen molar-refractivity contribution >= 4 is 34.5 Å². The van der Waals surface area contributed by atoms with Crippen LogP contribution in [0.15, 0.2) is 30.3 Å². The van der Waals surface area contributed by atoms with Crippen LogP contribution in [0.25, 0.3) is 10.4 Å². The third-order valence-corrected chi connectivity index (χ3v) is 5.42. The summed E-state index contributed by atoms with van der Waals surface area (Å²) in [5.41, 5.74) is 0.603. The summed E-state index contributed by atoms with van der Waals surface area (Å²) >= 11 is 13.6. The highest BCUT2D eigenvalue weighted by molar-refractivity contribution is 7.15. The van der Waals surface area contributed by atoms with E-state index in [-0.39, 0.29) is 12.0 Å². The number of phenols is 1. The van der Waals surface area contributed by atoms with Crippen LogP contribution in [0.2, 0.25) is 10.0 Å². The molecule has 2 nitrogen and oxygen atoms in total. The Morgan fingerprint density at radius 1 is 1.04 bits per heavy atom. The van der Waals surface area contributed by atoms with Gasteiger partial charge in [0.15, 0.2) is 23.1 Å². The molecule has 1 aromatic heterocycles. The van der Waals surface area contributed by atoms with Crippen molar-refractivity contribution < 1.29 is 23.0 Å². The molecule has 0 saturated carbocycles. The first kappa shape index (κ1) is 18.9. The lowest BCUT2D eigenvalue weighted by Crippen LogP contribution is -1.97. The molecule has 1 heterocycles. The Labute approximate surface area is 161 Å². The molecular formula is C18H11Cl2F3O2S. The summed E-state index contributed by atoms with van der Waals surface area (Å²) in [4.78, 5) is 1.49. The lowest BCUT2D eigenvalue weighted by Gasteiger charge is -2.08. The van der Waals surface area contributed by atoms with Crippen LogP contribution in [0.5, 0.6) is 11.5 Å².